The first kappa shape index (κ1) is 31.3. The average Bonchev–Trinajstić information content (AvgIpc) is 3.30. The SMILES string of the molecule is O=C(NCCN1C(=O)C=CC1=O)NCCS(=O)(=O)Cc1cc2nc(c1)OCCCOc1cc(F)ccc1-c1cc(ncc1F)N2. The van der Waals surface area contributed by atoms with Crippen LogP contribution in [0.3, 0.4) is 0 Å². The van der Waals surface area contributed by atoms with E-state index in [2.05, 4.69) is 25.9 Å². The van der Waals surface area contributed by atoms with Crippen molar-refractivity contribution in [2.45, 2.75) is 12.2 Å². The van der Waals surface area contributed by atoms with Gasteiger partial charge in [-0.1, -0.05) is 0 Å². The zero-order valence-electron chi connectivity index (χ0n) is 23.7. The number of rotatable bonds is 8. The molecule has 0 saturated heterocycles. The monoisotopic (exact) mass is 642 g/mol. The minimum absolute atomic E-state index is 0.00505. The van der Waals surface area contributed by atoms with Gasteiger partial charge < -0.3 is 25.4 Å². The van der Waals surface area contributed by atoms with Gasteiger partial charge in [0, 0.05) is 61.5 Å². The summed E-state index contributed by atoms with van der Waals surface area (Å²) in [5, 5.41) is 7.85. The number of hydrogen-bond donors (Lipinski definition) is 3. The fraction of sp³-hybridized carbons (Fsp3) is 0.276. The number of ether oxygens (including phenoxy) is 2. The summed E-state index contributed by atoms with van der Waals surface area (Å²) in [7, 11) is -3.73. The first-order valence-corrected chi connectivity index (χ1v) is 15.6. The number of imide groups is 1. The molecule has 5 rings (SSSR count). The molecule has 3 aromatic rings. The Morgan fingerprint density at radius 2 is 1.71 bits per heavy atom. The largest absolute Gasteiger partial charge is 0.493 e. The number of urea groups is 1. The van der Waals surface area contributed by atoms with Crippen LogP contribution < -0.4 is 25.4 Å². The van der Waals surface area contributed by atoms with Crippen molar-refractivity contribution in [1.29, 1.82) is 0 Å². The van der Waals surface area contributed by atoms with Gasteiger partial charge in [0.25, 0.3) is 11.8 Å². The molecule has 3 N–H and O–H groups in total. The number of pyridine rings is 2. The van der Waals surface area contributed by atoms with Crippen molar-refractivity contribution < 1.29 is 41.1 Å². The molecule has 0 spiro atoms. The molecule has 0 saturated carbocycles. The van der Waals surface area contributed by atoms with E-state index in [9.17, 15) is 31.6 Å². The Balaban J connectivity index is 1.24. The first-order valence-electron chi connectivity index (χ1n) is 13.8. The van der Waals surface area contributed by atoms with E-state index in [4.69, 9.17) is 9.47 Å². The van der Waals surface area contributed by atoms with Crippen molar-refractivity contribution in [2.75, 3.05) is 43.9 Å². The lowest BCUT2D eigenvalue weighted by Crippen LogP contribution is -2.43. The van der Waals surface area contributed by atoms with E-state index in [1.54, 1.807) is 0 Å². The molecular weight excluding hydrogens is 614 g/mol. The van der Waals surface area contributed by atoms with E-state index in [1.165, 1.54) is 36.4 Å². The number of fused-ring (bicyclic) bond motifs is 6. The zero-order valence-corrected chi connectivity index (χ0v) is 24.5. The first-order chi connectivity index (χ1) is 21.6. The van der Waals surface area contributed by atoms with Crippen LogP contribution in [-0.2, 0) is 25.2 Å². The molecule has 0 radical (unpaired) electrons. The fourth-order valence-corrected chi connectivity index (χ4v) is 5.75. The molecule has 13 nitrogen and oxygen atoms in total. The smallest absolute Gasteiger partial charge is 0.314 e. The molecule has 2 aliphatic heterocycles. The minimum atomic E-state index is -3.73. The van der Waals surface area contributed by atoms with Crippen molar-refractivity contribution >= 4 is 39.3 Å². The molecule has 16 heteroatoms. The topological polar surface area (TPSA) is 169 Å². The quantitative estimate of drug-likeness (QED) is 0.311. The van der Waals surface area contributed by atoms with Crippen molar-refractivity contribution in [3.8, 4) is 22.8 Å². The van der Waals surface area contributed by atoms with Crippen LogP contribution in [0.15, 0.2) is 54.7 Å². The Labute approximate surface area is 256 Å². The highest BCUT2D eigenvalue weighted by Crippen LogP contribution is 2.34. The lowest BCUT2D eigenvalue weighted by Gasteiger charge is -2.16. The van der Waals surface area contributed by atoms with Gasteiger partial charge in [-0.25, -0.2) is 27.0 Å². The third kappa shape index (κ3) is 8.29. The van der Waals surface area contributed by atoms with Crippen molar-refractivity contribution in [2.24, 2.45) is 0 Å². The molecule has 0 atom stereocenters. The highest BCUT2D eigenvalue weighted by molar-refractivity contribution is 7.90. The van der Waals surface area contributed by atoms with E-state index >= 15 is 0 Å². The maximum Gasteiger partial charge on any atom is 0.314 e. The molecule has 2 aliphatic rings. The summed E-state index contributed by atoms with van der Waals surface area (Å²) < 4.78 is 66.1. The summed E-state index contributed by atoms with van der Waals surface area (Å²) in [6, 6.07) is 7.49. The number of halogens is 2. The van der Waals surface area contributed by atoms with Crippen LogP contribution in [-0.4, -0.2) is 79.7 Å². The number of anilines is 2. The lowest BCUT2D eigenvalue weighted by atomic mass is 10.0. The Morgan fingerprint density at radius 3 is 2.51 bits per heavy atom. The van der Waals surface area contributed by atoms with Crippen LogP contribution in [0.2, 0.25) is 0 Å². The molecular formula is C29H28F2N6O7S. The molecule has 4 amide bonds. The van der Waals surface area contributed by atoms with Gasteiger partial charge in [-0.05, 0) is 29.8 Å². The van der Waals surface area contributed by atoms with E-state index < -0.39 is 45.1 Å². The lowest BCUT2D eigenvalue weighted by molar-refractivity contribution is -0.136. The van der Waals surface area contributed by atoms with Crippen LogP contribution >= 0.6 is 0 Å². The Hall–Kier alpha value is -5.12. The van der Waals surface area contributed by atoms with Crippen molar-refractivity contribution in [3.05, 3.63) is 71.9 Å². The van der Waals surface area contributed by atoms with Gasteiger partial charge in [-0.2, -0.15) is 4.98 Å². The maximum absolute atomic E-state index is 14.8. The van der Waals surface area contributed by atoms with Gasteiger partial charge in [-0.15, -0.1) is 0 Å². The van der Waals surface area contributed by atoms with Gasteiger partial charge in [-0.3, -0.25) is 14.5 Å². The van der Waals surface area contributed by atoms with Crippen molar-refractivity contribution in [1.82, 2.24) is 25.5 Å². The number of sulfone groups is 1. The van der Waals surface area contributed by atoms with E-state index in [-0.39, 0.29) is 67.4 Å². The molecule has 1 aromatic carbocycles. The second-order valence-corrected chi connectivity index (χ2v) is 12.2. The van der Waals surface area contributed by atoms with E-state index in [1.807, 2.05) is 0 Å². The molecule has 0 unspecified atom stereocenters. The summed E-state index contributed by atoms with van der Waals surface area (Å²) in [6.07, 6.45) is 3.63. The fourth-order valence-electron chi connectivity index (χ4n) is 4.52. The molecule has 4 bridgehead atoms. The Morgan fingerprint density at radius 1 is 0.956 bits per heavy atom. The highest BCUT2D eigenvalue weighted by Gasteiger charge is 2.23. The number of nitrogens with one attached hydrogen (secondary N) is 3. The summed E-state index contributed by atoms with van der Waals surface area (Å²) in [5.74, 6) is -2.26. The predicted molar refractivity (Wildman–Crippen MR) is 157 cm³/mol. The number of carbonyl (C=O) groups excluding carboxylic acids is 3. The molecule has 0 fully saturated rings. The number of carbonyl (C=O) groups is 3. The van der Waals surface area contributed by atoms with Crippen molar-refractivity contribution in [3.63, 3.8) is 0 Å². The van der Waals surface area contributed by atoms with Gasteiger partial charge >= 0.3 is 6.03 Å². The molecule has 0 aliphatic carbocycles. The van der Waals surface area contributed by atoms with Crippen LogP contribution in [0.25, 0.3) is 11.1 Å². The van der Waals surface area contributed by atoms with E-state index in [0.29, 0.717) is 17.5 Å². The van der Waals surface area contributed by atoms with Crippen LogP contribution in [0, 0.1) is 11.6 Å². The van der Waals surface area contributed by atoms with Gasteiger partial charge in [0.2, 0.25) is 5.88 Å². The standard InChI is InChI=1S/C29H28F2N6O7S/c30-19-2-3-20-21-15-24(34-16-22(21)31)35-25-12-18(13-26(36-25)44-10-1-9-43-23(20)14-19)17-45(41,42)11-7-33-29(40)32-6-8-37-27(38)4-5-28(37)39/h2-5,12-16H,1,6-11,17H2,(H2,32,33,40)(H,34,35,36). The number of benzene rings is 1. The van der Waals surface area contributed by atoms with E-state index in [0.717, 1.165) is 23.2 Å². The van der Waals surface area contributed by atoms with Gasteiger partial charge in [0.05, 0.1) is 30.9 Å². The van der Waals surface area contributed by atoms with Gasteiger partial charge in [0.15, 0.2) is 9.84 Å². The minimum Gasteiger partial charge on any atom is -0.493 e. The summed E-state index contributed by atoms with van der Waals surface area (Å²) >= 11 is 0. The number of aromatic nitrogens is 2. The molecule has 4 heterocycles. The molecule has 2 aromatic heterocycles. The van der Waals surface area contributed by atoms with Crippen LogP contribution in [0.4, 0.5) is 25.2 Å². The number of hydrogen-bond acceptors (Lipinski definition) is 10. The highest BCUT2D eigenvalue weighted by atomic mass is 32.2. The van der Waals surface area contributed by atoms with Crippen LogP contribution in [0.1, 0.15) is 12.0 Å². The zero-order chi connectivity index (χ0) is 32.0. The Bertz CT molecular complexity index is 1750. The average molecular weight is 643 g/mol. The predicted octanol–water partition coefficient (Wildman–Crippen LogP) is 2.47. The summed E-state index contributed by atoms with van der Waals surface area (Å²) in [5.41, 5.74) is 0.774. The Kier molecular flexibility index (Phi) is 9.51. The van der Waals surface area contributed by atoms with Gasteiger partial charge in [0.1, 0.15) is 29.0 Å². The maximum atomic E-state index is 14.8. The summed E-state index contributed by atoms with van der Waals surface area (Å²) in [4.78, 5) is 44.6. The number of nitrogens with zero attached hydrogens (tertiary/aromatic N) is 3. The third-order valence-electron chi connectivity index (χ3n) is 6.61. The van der Waals surface area contributed by atoms with Crippen LogP contribution in [0.5, 0.6) is 11.6 Å². The normalized spacial score (nSPS) is 14.5. The molecule has 45 heavy (non-hydrogen) atoms. The molecule has 236 valence electrons. The third-order valence-corrected chi connectivity index (χ3v) is 8.21. The summed E-state index contributed by atoms with van der Waals surface area (Å²) in [6.45, 7) is 0.0515. The number of amides is 4. The second kappa shape index (κ2) is 13.7. The second-order valence-electron chi connectivity index (χ2n) is 10.0.